The van der Waals surface area contributed by atoms with Gasteiger partial charge in [0.15, 0.2) is 0 Å². The van der Waals surface area contributed by atoms with E-state index in [2.05, 4.69) is 21.2 Å². The number of hydrogen-bond donors (Lipinski definition) is 1. The minimum absolute atomic E-state index is 0.145. The van der Waals surface area contributed by atoms with Gasteiger partial charge in [0.2, 0.25) is 0 Å². The molecule has 0 aromatic heterocycles. The maximum atomic E-state index is 13.3. The van der Waals surface area contributed by atoms with Crippen molar-refractivity contribution in [3.8, 4) is 0 Å². The van der Waals surface area contributed by atoms with E-state index in [0.29, 0.717) is 4.47 Å². The lowest BCUT2D eigenvalue weighted by Crippen LogP contribution is -2.26. The van der Waals surface area contributed by atoms with Gasteiger partial charge in [0.1, 0.15) is 5.82 Å². The van der Waals surface area contributed by atoms with Crippen LogP contribution in [0.15, 0.2) is 22.7 Å². The predicted octanol–water partition coefficient (Wildman–Crippen LogP) is 3.66. The van der Waals surface area contributed by atoms with E-state index in [4.69, 9.17) is 0 Å². The minimum Gasteiger partial charge on any atom is -0.352 e. The van der Waals surface area contributed by atoms with E-state index in [-0.39, 0.29) is 18.5 Å². The van der Waals surface area contributed by atoms with Crippen LogP contribution in [0.1, 0.15) is 23.2 Å². The molecular weight excluding hydrogens is 318 g/mol. The Balaban J connectivity index is 2.46. The number of amides is 1. The molecule has 1 rings (SSSR count). The Morgan fingerprint density at radius 2 is 2.00 bits per heavy atom. The van der Waals surface area contributed by atoms with Crippen LogP contribution in [0.25, 0.3) is 0 Å². The van der Waals surface area contributed by atoms with Crippen molar-refractivity contribution in [1.82, 2.24) is 5.32 Å². The van der Waals surface area contributed by atoms with Gasteiger partial charge in [0.25, 0.3) is 5.91 Å². The highest BCUT2D eigenvalue weighted by atomic mass is 79.9. The molecule has 0 heterocycles. The van der Waals surface area contributed by atoms with Gasteiger partial charge in [0, 0.05) is 17.4 Å². The number of benzene rings is 1. The fourth-order valence-electron chi connectivity index (χ4n) is 1.26. The zero-order valence-electron chi connectivity index (χ0n) is 9.15. The Kier molecular flexibility index (Phi) is 5.13. The first kappa shape index (κ1) is 14.9. The molecular formula is C11H10BrF4NO. The molecule has 1 aromatic rings. The molecule has 1 amide bonds. The Bertz CT molecular complexity index is 434. The highest BCUT2D eigenvalue weighted by Gasteiger charge is 2.26. The molecule has 7 heteroatoms. The fraction of sp³-hybridized carbons (Fsp3) is 0.364. The smallest absolute Gasteiger partial charge is 0.352 e. The molecule has 1 aromatic carbocycles. The molecule has 0 saturated heterocycles. The van der Waals surface area contributed by atoms with E-state index in [0.717, 1.165) is 6.07 Å². The van der Waals surface area contributed by atoms with E-state index in [1.54, 1.807) is 0 Å². The third-order valence-corrected chi connectivity index (χ3v) is 2.59. The minimum atomic E-state index is -4.24. The fourth-order valence-corrected chi connectivity index (χ4v) is 1.59. The summed E-state index contributed by atoms with van der Waals surface area (Å²) in [6.45, 7) is -0.145. The van der Waals surface area contributed by atoms with Crippen LogP contribution >= 0.6 is 15.9 Å². The van der Waals surface area contributed by atoms with Crippen LogP contribution in [0, 0.1) is 5.82 Å². The first-order valence-corrected chi connectivity index (χ1v) is 5.89. The first-order valence-electron chi connectivity index (χ1n) is 5.09. The van der Waals surface area contributed by atoms with Crippen molar-refractivity contribution in [2.24, 2.45) is 0 Å². The zero-order valence-corrected chi connectivity index (χ0v) is 10.7. The van der Waals surface area contributed by atoms with Gasteiger partial charge in [-0.1, -0.05) is 15.9 Å². The molecule has 0 atom stereocenters. The van der Waals surface area contributed by atoms with Crippen LogP contribution in [-0.4, -0.2) is 18.6 Å². The lowest BCUT2D eigenvalue weighted by Gasteiger charge is -2.08. The second-order valence-electron chi connectivity index (χ2n) is 3.60. The molecule has 1 N–H and O–H groups in total. The maximum Gasteiger partial charge on any atom is 0.389 e. The number of nitrogens with one attached hydrogen (secondary N) is 1. The monoisotopic (exact) mass is 327 g/mol. The summed E-state index contributed by atoms with van der Waals surface area (Å²) < 4.78 is 49.3. The molecule has 0 aliphatic rings. The molecule has 0 aliphatic carbocycles. The summed E-state index contributed by atoms with van der Waals surface area (Å²) in [5.41, 5.74) is -0.190. The average molecular weight is 328 g/mol. The summed E-state index contributed by atoms with van der Waals surface area (Å²) in [5.74, 6) is -1.44. The summed E-state index contributed by atoms with van der Waals surface area (Å²) in [6, 6.07) is 3.86. The maximum absolute atomic E-state index is 13.3. The third kappa shape index (κ3) is 5.03. The number of rotatable bonds is 4. The summed E-state index contributed by atoms with van der Waals surface area (Å²) >= 11 is 3.03. The van der Waals surface area contributed by atoms with Crippen LogP contribution in [0.5, 0.6) is 0 Å². The molecule has 0 unspecified atom stereocenters. The quantitative estimate of drug-likeness (QED) is 0.663. The molecule has 0 bridgehead atoms. The van der Waals surface area contributed by atoms with E-state index in [1.807, 2.05) is 0 Å². The van der Waals surface area contributed by atoms with Crippen LogP contribution < -0.4 is 5.32 Å². The van der Waals surface area contributed by atoms with Crippen molar-refractivity contribution < 1.29 is 22.4 Å². The van der Waals surface area contributed by atoms with Crippen molar-refractivity contribution >= 4 is 21.8 Å². The Morgan fingerprint density at radius 1 is 1.33 bits per heavy atom. The van der Waals surface area contributed by atoms with Crippen LogP contribution in [0.4, 0.5) is 17.6 Å². The third-order valence-electron chi connectivity index (χ3n) is 2.10. The summed E-state index contributed by atoms with van der Waals surface area (Å²) in [4.78, 5) is 11.5. The number of carbonyl (C=O) groups excluding carboxylic acids is 1. The Hall–Kier alpha value is -1.11. The number of hydrogen-bond acceptors (Lipinski definition) is 1. The predicted molar refractivity (Wildman–Crippen MR) is 61.7 cm³/mol. The number of halogens is 5. The lowest BCUT2D eigenvalue weighted by molar-refractivity contribution is -0.135. The van der Waals surface area contributed by atoms with Gasteiger partial charge in [-0.25, -0.2) is 4.39 Å². The highest BCUT2D eigenvalue weighted by molar-refractivity contribution is 9.10. The molecule has 0 spiro atoms. The van der Waals surface area contributed by atoms with E-state index in [9.17, 15) is 22.4 Å². The van der Waals surface area contributed by atoms with Crippen LogP contribution in [-0.2, 0) is 0 Å². The zero-order chi connectivity index (χ0) is 13.8. The first-order chi connectivity index (χ1) is 8.29. The van der Waals surface area contributed by atoms with Crippen molar-refractivity contribution in [1.29, 1.82) is 0 Å². The van der Waals surface area contributed by atoms with Crippen LogP contribution in [0.3, 0.4) is 0 Å². The molecule has 0 fully saturated rings. The molecule has 0 saturated carbocycles. The number of carbonyl (C=O) groups is 1. The Labute approximate surface area is 109 Å². The van der Waals surface area contributed by atoms with Crippen molar-refractivity contribution in [2.45, 2.75) is 19.0 Å². The topological polar surface area (TPSA) is 29.1 Å². The van der Waals surface area contributed by atoms with Crippen molar-refractivity contribution in [3.63, 3.8) is 0 Å². The largest absolute Gasteiger partial charge is 0.389 e. The van der Waals surface area contributed by atoms with Gasteiger partial charge < -0.3 is 5.32 Å². The molecule has 2 nitrogen and oxygen atoms in total. The average Bonchev–Trinajstić information content (AvgIpc) is 2.22. The summed E-state index contributed by atoms with van der Waals surface area (Å²) in [5, 5.41) is 2.24. The highest BCUT2D eigenvalue weighted by Crippen LogP contribution is 2.20. The lowest BCUT2D eigenvalue weighted by atomic mass is 10.2. The summed E-state index contributed by atoms with van der Waals surface area (Å²) in [7, 11) is 0. The molecule has 0 radical (unpaired) electrons. The van der Waals surface area contributed by atoms with Gasteiger partial charge in [-0.2, -0.15) is 13.2 Å². The van der Waals surface area contributed by atoms with Gasteiger partial charge in [-0.3, -0.25) is 4.79 Å². The van der Waals surface area contributed by atoms with Gasteiger partial charge in [0.05, 0.1) is 5.56 Å². The molecule has 0 aliphatic heterocycles. The summed E-state index contributed by atoms with van der Waals surface area (Å²) in [6.07, 6.45) is -5.45. The molecule has 18 heavy (non-hydrogen) atoms. The standard InChI is InChI=1S/C11H10BrF4NO/c12-7-2-3-8(9(13)6-7)10(18)17-5-1-4-11(14,15)16/h2-3,6H,1,4-5H2,(H,17,18). The Morgan fingerprint density at radius 3 is 2.56 bits per heavy atom. The van der Waals surface area contributed by atoms with Gasteiger partial charge >= 0.3 is 6.18 Å². The van der Waals surface area contributed by atoms with Gasteiger partial charge in [-0.15, -0.1) is 0 Å². The SMILES string of the molecule is O=C(NCCCC(F)(F)F)c1ccc(Br)cc1F. The second-order valence-corrected chi connectivity index (χ2v) is 4.51. The van der Waals surface area contributed by atoms with Crippen molar-refractivity contribution in [2.75, 3.05) is 6.54 Å². The van der Waals surface area contributed by atoms with E-state index < -0.39 is 24.3 Å². The normalized spacial score (nSPS) is 11.4. The molecule has 100 valence electrons. The second kappa shape index (κ2) is 6.17. The van der Waals surface area contributed by atoms with Crippen LogP contribution in [0.2, 0.25) is 0 Å². The van der Waals surface area contributed by atoms with Crippen molar-refractivity contribution in [3.05, 3.63) is 34.1 Å². The number of alkyl halides is 3. The van der Waals surface area contributed by atoms with Gasteiger partial charge in [-0.05, 0) is 24.6 Å². The van der Waals surface area contributed by atoms with E-state index in [1.165, 1.54) is 12.1 Å². The van der Waals surface area contributed by atoms with E-state index >= 15 is 0 Å².